The summed E-state index contributed by atoms with van der Waals surface area (Å²) < 4.78 is 34.1. The summed E-state index contributed by atoms with van der Waals surface area (Å²) in [5.74, 6) is -0.631. The first-order chi connectivity index (χ1) is 17.5. The molecule has 4 rings (SSSR count). The van der Waals surface area contributed by atoms with Gasteiger partial charge in [0.05, 0.1) is 35.3 Å². The number of fused-ring (bicyclic) bond motifs is 1. The van der Waals surface area contributed by atoms with Crippen molar-refractivity contribution < 1.29 is 27.9 Å². The summed E-state index contributed by atoms with van der Waals surface area (Å²) in [5.41, 5.74) is 0.607. The van der Waals surface area contributed by atoms with Crippen LogP contribution in [0.25, 0.3) is 0 Å². The maximum atomic E-state index is 13.5. The van der Waals surface area contributed by atoms with Crippen LogP contribution in [0.2, 0.25) is 5.02 Å². The highest BCUT2D eigenvalue weighted by Crippen LogP contribution is 2.37. The molecule has 1 fully saturated rings. The third-order valence-corrected chi connectivity index (χ3v) is 8.95. The van der Waals surface area contributed by atoms with Crippen LogP contribution in [0.1, 0.15) is 37.0 Å². The predicted octanol–water partition coefficient (Wildman–Crippen LogP) is 3.23. The second kappa shape index (κ2) is 11.0. The van der Waals surface area contributed by atoms with E-state index in [4.69, 9.17) is 16.3 Å². The first kappa shape index (κ1) is 27.4. The summed E-state index contributed by atoms with van der Waals surface area (Å²) in [6.07, 6.45) is 0.969. The van der Waals surface area contributed by atoms with E-state index in [0.29, 0.717) is 10.7 Å². The number of benzene rings is 2. The van der Waals surface area contributed by atoms with Gasteiger partial charge in [-0.25, -0.2) is 8.42 Å². The lowest BCUT2D eigenvalue weighted by molar-refractivity contribution is -0.117. The van der Waals surface area contributed by atoms with E-state index < -0.39 is 22.2 Å². The molecule has 2 aromatic rings. The number of hydrogen-bond acceptors (Lipinski definition) is 6. The van der Waals surface area contributed by atoms with Gasteiger partial charge in [0.2, 0.25) is 15.9 Å². The number of aliphatic hydroxyl groups excluding tert-OH is 1. The third kappa shape index (κ3) is 5.93. The first-order valence-corrected chi connectivity index (χ1v) is 14.1. The SMILES string of the molecule is C[C@H](CO)N1C[C@H](C)[C@@H](CN(C)S(=O)(=O)c2ccc(Cl)cc2)Oc2c(NC(=O)C3CC3)cccc2C1=O. The van der Waals surface area contributed by atoms with Crippen LogP contribution in [0.15, 0.2) is 47.4 Å². The zero-order valence-electron chi connectivity index (χ0n) is 21.1. The Kier molecular flexibility index (Phi) is 8.13. The molecule has 200 valence electrons. The molecule has 2 aromatic carbocycles. The van der Waals surface area contributed by atoms with Gasteiger partial charge < -0.3 is 20.1 Å². The van der Waals surface area contributed by atoms with Crippen molar-refractivity contribution in [1.82, 2.24) is 9.21 Å². The Bertz CT molecular complexity index is 1270. The second-order valence-electron chi connectivity index (χ2n) is 9.81. The van der Waals surface area contributed by atoms with Gasteiger partial charge in [-0.2, -0.15) is 4.31 Å². The van der Waals surface area contributed by atoms with Gasteiger partial charge in [0, 0.05) is 30.5 Å². The number of ether oxygens (including phenoxy) is 1. The van der Waals surface area contributed by atoms with Crippen LogP contribution < -0.4 is 10.1 Å². The molecule has 0 aromatic heterocycles. The molecule has 9 nitrogen and oxygen atoms in total. The lowest BCUT2D eigenvalue weighted by atomic mass is 9.99. The van der Waals surface area contributed by atoms with E-state index in [1.807, 2.05) is 6.92 Å². The van der Waals surface area contributed by atoms with Gasteiger partial charge >= 0.3 is 0 Å². The van der Waals surface area contributed by atoms with E-state index in [2.05, 4.69) is 5.32 Å². The number of nitrogens with zero attached hydrogens (tertiary/aromatic N) is 2. The molecule has 2 amide bonds. The minimum absolute atomic E-state index is 0.00793. The number of hydrogen-bond donors (Lipinski definition) is 2. The van der Waals surface area contributed by atoms with Crippen molar-refractivity contribution in [3.8, 4) is 5.75 Å². The van der Waals surface area contributed by atoms with Gasteiger partial charge in [0.1, 0.15) is 6.10 Å². The number of nitrogens with one attached hydrogen (secondary N) is 1. The van der Waals surface area contributed by atoms with Crippen LogP contribution in [0.5, 0.6) is 5.75 Å². The quantitative estimate of drug-likeness (QED) is 0.522. The number of carbonyl (C=O) groups excluding carboxylic acids is 2. The molecule has 1 saturated carbocycles. The maximum Gasteiger partial charge on any atom is 0.258 e. The standard InChI is InChI=1S/C26H32ClN3O6S/c1-16-13-30(17(2)15-31)26(33)21-5-4-6-22(28-25(32)18-7-8-18)24(21)36-23(16)14-29(3)37(34,35)20-11-9-19(27)10-12-20/h4-6,9-12,16-18,23,31H,7-8,13-15H2,1-3H3,(H,28,32)/t16-,17+,23+/m0/s1. The molecule has 0 unspecified atom stereocenters. The van der Waals surface area contributed by atoms with Crippen molar-refractivity contribution in [2.24, 2.45) is 11.8 Å². The number of anilines is 1. The normalized spacial score (nSPS) is 21.0. The molecule has 1 heterocycles. The summed E-state index contributed by atoms with van der Waals surface area (Å²) >= 11 is 5.93. The zero-order valence-corrected chi connectivity index (χ0v) is 22.6. The molecular formula is C26H32ClN3O6S. The fourth-order valence-electron chi connectivity index (χ4n) is 4.28. The Morgan fingerprint density at radius 2 is 1.92 bits per heavy atom. The lowest BCUT2D eigenvalue weighted by Gasteiger charge is -2.38. The number of aliphatic hydroxyl groups is 1. The molecule has 1 aliphatic heterocycles. The highest BCUT2D eigenvalue weighted by molar-refractivity contribution is 7.89. The lowest BCUT2D eigenvalue weighted by Crippen LogP contribution is -2.50. The van der Waals surface area contributed by atoms with Crippen molar-refractivity contribution in [2.45, 2.75) is 43.7 Å². The molecule has 11 heteroatoms. The molecule has 0 bridgehead atoms. The summed E-state index contributed by atoms with van der Waals surface area (Å²) in [7, 11) is -2.38. The van der Waals surface area contributed by atoms with Crippen LogP contribution >= 0.6 is 11.6 Å². The van der Waals surface area contributed by atoms with Crippen LogP contribution in [0, 0.1) is 11.8 Å². The molecule has 2 N–H and O–H groups in total. The maximum absolute atomic E-state index is 13.5. The average Bonchev–Trinajstić information content (AvgIpc) is 3.72. The van der Waals surface area contributed by atoms with Crippen LogP contribution in [0.4, 0.5) is 5.69 Å². The van der Waals surface area contributed by atoms with E-state index in [-0.39, 0.29) is 59.6 Å². The number of sulfonamides is 1. The molecule has 2 aliphatic rings. The highest BCUT2D eigenvalue weighted by atomic mass is 35.5. The predicted molar refractivity (Wildman–Crippen MR) is 140 cm³/mol. The molecule has 0 saturated heterocycles. The van der Waals surface area contributed by atoms with E-state index in [9.17, 15) is 23.1 Å². The summed E-state index contributed by atoms with van der Waals surface area (Å²) in [4.78, 5) is 27.8. The number of rotatable bonds is 8. The highest BCUT2D eigenvalue weighted by Gasteiger charge is 2.37. The second-order valence-corrected chi connectivity index (χ2v) is 12.3. The number of halogens is 1. The molecular weight excluding hydrogens is 518 g/mol. The minimum Gasteiger partial charge on any atom is -0.486 e. The van der Waals surface area contributed by atoms with E-state index in [1.165, 1.54) is 35.6 Å². The average molecular weight is 550 g/mol. The van der Waals surface area contributed by atoms with Crippen LogP contribution in [-0.2, 0) is 14.8 Å². The molecule has 0 spiro atoms. The van der Waals surface area contributed by atoms with Crippen molar-refractivity contribution in [2.75, 3.05) is 32.1 Å². The van der Waals surface area contributed by atoms with Crippen LogP contribution in [0.3, 0.4) is 0 Å². The Morgan fingerprint density at radius 3 is 2.54 bits per heavy atom. The fourth-order valence-corrected chi connectivity index (χ4v) is 5.59. The zero-order chi connectivity index (χ0) is 26.9. The van der Waals surface area contributed by atoms with Crippen molar-refractivity contribution in [3.05, 3.63) is 53.1 Å². The molecule has 0 radical (unpaired) electrons. The van der Waals surface area contributed by atoms with E-state index >= 15 is 0 Å². The van der Waals surface area contributed by atoms with Crippen molar-refractivity contribution in [1.29, 1.82) is 0 Å². The minimum atomic E-state index is -3.85. The van der Waals surface area contributed by atoms with E-state index in [0.717, 1.165) is 12.8 Å². The van der Waals surface area contributed by atoms with E-state index in [1.54, 1.807) is 30.0 Å². The number of carbonyl (C=O) groups is 2. The molecule has 37 heavy (non-hydrogen) atoms. The van der Waals surface area contributed by atoms with Gasteiger partial charge in [-0.3, -0.25) is 9.59 Å². The smallest absolute Gasteiger partial charge is 0.258 e. The van der Waals surface area contributed by atoms with Crippen molar-refractivity contribution in [3.63, 3.8) is 0 Å². The first-order valence-electron chi connectivity index (χ1n) is 12.3. The Labute approximate surface area is 222 Å². The van der Waals surface area contributed by atoms with Crippen molar-refractivity contribution >= 4 is 39.1 Å². The molecule has 1 aliphatic carbocycles. The molecule has 3 atom stereocenters. The van der Waals surface area contributed by atoms with Gasteiger partial charge in [-0.15, -0.1) is 0 Å². The summed E-state index contributed by atoms with van der Waals surface area (Å²) in [6.45, 7) is 3.62. The monoisotopic (exact) mass is 549 g/mol. The summed E-state index contributed by atoms with van der Waals surface area (Å²) in [5, 5.41) is 13.1. The fraction of sp³-hybridized carbons (Fsp3) is 0.462. The Morgan fingerprint density at radius 1 is 1.24 bits per heavy atom. The topological polar surface area (TPSA) is 116 Å². The Hall–Kier alpha value is -2.66. The Balaban J connectivity index is 1.70. The van der Waals surface area contributed by atoms with Crippen LogP contribution in [-0.4, -0.2) is 73.4 Å². The van der Waals surface area contributed by atoms with Gasteiger partial charge in [0.25, 0.3) is 5.91 Å². The number of likely N-dealkylation sites (N-methyl/N-ethyl adjacent to an activating group) is 1. The largest absolute Gasteiger partial charge is 0.486 e. The van der Waals surface area contributed by atoms with Gasteiger partial charge in [0.15, 0.2) is 5.75 Å². The van der Waals surface area contributed by atoms with Gasteiger partial charge in [-0.1, -0.05) is 24.6 Å². The summed E-state index contributed by atoms with van der Waals surface area (Å²) in [6, 6.07) is 10.4. The van der Waals surface area contributed by atoms with Gasteiger partial charge in [-0.05, 0) is 56.2 Å². The number of para-hydroxylation sites is 1. The third-order valence-electron chi connectivity index (χ3n) is 6.86. The number of amides is 2.